The number of aromatic nitrogens is 1. The number of ether oxygens (including phenoxy) is 1. The molecule has 1 aromatic carbocycles. The third-order valence-corrected chi connectivity index (χ3v) is 4.86. The van der Waals surface area contributed by atoms with Crippen LogP contribution in [0.15, 0.2) is 22.7 Å². The first kappa shape index (κ1) is 16.6. The Hall–Kier alpha value is -2.30. The molecule has 1 N–H and O–H groups in total. The summed E-state index contributed by atoms with van der Waals surface area (Å²) < 4.78 is 10.4. The molecular weight excluding hydrogens is 304 g/mol. The molecule has 5 heteroatoms. The molecule has 0 fully saturated rings. The van der Waals surface area contributed by atoms with Gasteiger partial charge < -0.3 is 14.6 Å². The molecule has 0 saturated carbocycles. The number of nitrogens with zero attached hydrogens (tertiary/aromatic N) is 1. The van der Waals surface area contributed by atoms with Gasteiger partial charge in [0.1, 0.15) is 11.5 Å². The number of aryl methyl sites for hydroxylation is 3. The molecule has 0 radical (unpaired) electrons. The maximum atomic E-state index is 12.4. The van der Waals surface area contributed by atoms with Crippen LogP contribution in [0.2, 0.25) is 0 Å². The quantitative estimate of drug-likeness (QED) is 0.913. The second-order valence-electron chi connectivity index (χ2n) is 6.44. The molecule has 128 valence electrons. The summed E-state index contributed by atoms with van der Waals surface area (Å²) >= 11 is 0. The standard InChI is InChI=1S/C19H24N2O3/c1-12-18(13(2)24-21-12)11-20-19(22)10-15-6-4-5-14-9-16(23-3)7-8-17(14)15/h7-9,15H,4-6,10-11H2,1-3H3,(H,20,22)/t15-/m0/s1. The van der Waals surface area contributed by atoms with Crippen LogP contribution in [0, 0.1) is 13.8 Å². The topological polar surface area (TPSA) is 64.4 Å². The number of hydrogen-bond acceptors (Lipinski definition) is 4. The zero-order valence-electron chi connectivity index (χ0n) is 14.5. The highest BCUT2D eigenvalue weighted by Gasteiger charge is 2.23. The summed E-state index contributed by atoms with van der Waals surface area (Å²) in [5.41, 5.74) is 4.40. The molecule has 2 aromatic rings. The van der Waals surface area contributed by atoms with Gasteiger partial charge in [0.2, 0.25) is 5.91 Å². The Morgan fingerprint density at radius 1 is 1.42 bits per heavy atom. The van der Waals surface area contributed by atoms with Crippen LogP contribution in [0.4, 0.5) is 0 Å². The summed E-state index contributed by atoms with van der Waals surface area (Å²) in [6.45, 7) is 4.23. The van der Waals surface area contributed by atoms with Gasteiger partial charge in [0.05, 0.1) is 12.8 Å². The summed E-state index contributed by atoms with van der Waals surface area (Å²) in [6.07, 6.45) is 3.74. The zero-order chi connectivity index (χ0) is 17.1. The van der Waals surface area contributed by atoms with Crippen LogP contribution in [-0.4, -0.2) is 18.2 Å². The first-order chi connectivity index (χ1) is 11.6. The predicted molar refractivity (Wildman–Crippen MR) is 91.1 cm³/mol. The van der Waals surface area contributed by atoms with E-state index in [1.54, 1.807) is 7.11 Å². The molecule has 3 rings (SSSR count). The number of fused-ring (bicyclic) bond motifs is 1. The minimum Gasteiger partial charge on any atom is -0.497 e. The van der Waals surface area contributed by atoms with Gasteiger partial charge in [0.15, 0.2) is 0 Å². The van der Waals surface area contributed by atoms with Crippen LogP contribution in [0.5, 0.6) is 5.75 Å². The Bertz CT molecular complexity index is 717. The molecule has 0 unspecified atom stereocenters. The van der Waals surface area contributed by atoms with Gasteiger partial charge in [-0.1, -0.05) is 11.2 Å². The van der Waals surface area contributed by atoms with Crippen LogP contribution >= 0.6 is 0 Å². The Morgan fingerprint density at radius 3 is 2.96 bits per heavy atom. The summed E-state index contributed by atoms with van der Waals surface area (Å²) in [6, 6.07) is 6.20. The molecule has 1 aromatic heterocycles. The largest absolute Gasteiger partial charge is 0.497 e. The lowest BCUT2D eigenvalue weighted by Gasteiger charge is -2.25. The maximum Gasteiger partial charge on any atom is 0.220 e. The minimum absolute atomic E-state index is 0.0728. The molecule has 1 aliphatic rings. The van der Waals surface area contributed by atoms with Crippen molar-refractivity contribution in [2.75, 3.05) is 7.11 Å². The molecular formula is C19H24N2O3. The van der Waals surface area contributed by atoms with E-state index in [0.717, 1.165) is 42.0 Å². The lowest BCUT2D eigenvalue weighted by atomic mass is 9.81. The fourth-order valence-electron chi connectivity index (χ4n) is 3.47. The third kappa shape index (κ3) is 3.45. The second kappa shape index (κ2) is 7.07. The van der Waals surface area contributed by atoms with Crippen LogP contribution in [0.25, 0.3) is 0 Å². The van der Waals surface area contributed by atoms with Crippen LogP contribution < -0.4 is 10.1 Å². The zero-order valence-corrected chi connectivity index (χ0v) is 14.5. The highest BCUT2D eigenvalue weighted by atomic mass is 16.5. The van der Waals surface area contributed by atoms with Gasteiger partial charge in [0, 0.05) is 18.5 Å². The number of rotatable bonds is 5. The van der Waals surface area contributed by atoms with Crippen molar-refractivity contribution in [3.63, 3.8) is 0 Å². The van der Waals surface area contributed by atoms with Crippen molar-refractivity contribution >= 4 is 5.91 Å². The molecule has 0 spiro atoms. The Morgan fingerprint density at radius 2 is 2.25 bits per heavy atom. The number of nitrogens with one attached hydrogen (secondary N) is 1. The van der Waals surface area contributed by atoms with E-state index >= 15 is 0 Å². The molecule has 1 aliphatic carbocycles. The average molecular weight is 328 g/mol. The van der Waals surface area contributed by atoms with Gasteiger partial charge >= 0.3 is 0 Å². The molecule has 1 heterocycles. The van der Waals surface area contributed by atoms with Gasteiger partial charge in [-0.05, 0) is 62.3 Å². The van der Waals surface area contributed by atoms with Crippen molar-refractivity contribution in [1.29, 1.82) is 0 Å². The fourth-order valence-corrected chi connectivity index (χ4v) is 3.47. The Kier molecular flexibility index (Phi) is 4.88. The Balaban J connectivity index is 1.63. The lowest BCUT2D eigenvalue weighted by Crippen LogP contribution is -2.26. The van der Waals surface area contributed by atoms with Gasteiger partial charge in [-0.15, -0.1) is 0 Å². The van der Waals surface area contributed by atoms with E-state index in [4.69, 9.17) is 9.26 Å². The van der Waals surface area contributed by atoms with E-state index in [1.165, 1.54) is 11.1 Å². The predicted octanol–water partition coefficient (Wildman–Crippen LogP) is 3.43. The SMILES string of the molecule is COc1ccc2c(c1)CCC[C@H]2CC(=O)NCc1c(C)noc1C. The van der Waals surface area contributed by atoms with Crippen LogP contribution in [0.1, 0.15) is 53.3 Å². The normalized spacial score (nSPS) is 16.5. The van der Waals surface area contributed by atoms with Gasteiger partial charge in [-0.2, -0.15) is 0 Å². The monoisotopic (exact) mass is 328 g/mol. The van der Waals surface area contributed by atoms with Crippen molar-refractivity contribution in [1.82, 2.24) is 10.5 Å². The highest BCUT2D eigenvalue weighted by Crippen LogP contribution is 2.35. The fraction of sp³-hybridized carbons (Fsp3) is 0.474. The molecule has 0 bridgehead atoms. The van der Waals surface area contributed by atoms with E-state index in [9.17, 15) is 4.79 Å². The number of amides is 1. The highest BCUT2D eigenvalue weighted by molar-refractivity contribution is 5.77. The molecule has 24 heavy (non-hydrogen) atoms. The van der Waals surface area contributed by atoms with E-state index in [-0.39, 0.29) is 11.8 Å². The number of carbonyl (C=O) groups is 1. The smallest absolute Gasteiger partial charge is 0.220 e. The van der Waals surface area contributed by atoms with Gasteiger partial charge in [0.25, 0.3) is 0 Å². The number of benzene rings is 1. The van der Waals surface area contributed by atoms with E-state index < -0.39 is 0 Å². The number of hydrogen-bond donors (Lipinski definition) is 1. The third-order valence-electron chi connectivity index (χ3n) is 4.86. The first-order valence-electron chi connectivity index (χ1n) is 8.43. The molecule has 1 amide bonds. The first-order valence-corrected chi connectivity index (χ1v) is 8.43. The number of carbonyl (C=O) groups excluding carboxylic acids is 1. The summed E-state index contributed by atoms with van der Waals surface area (Å²) in [7, 11) is 1.68. The van der Waals surface area contributed by atoms with Crippen molar-refractivity contribution in [2.45, 2.75) is 52.0 Å². The summed E-state index contributed by atoms with van der Waals surface area (Å²) in [5, 5.41) is 6.92. The van der Waals surface area contributed by atoms with E-state index in [1.807, 2.05) is 19.9 Å². The van der Waals surface area contributed by atoms with E-state index in [0.29, 0.717) is 13.0 Å². The summed E-state index contributed by atoms with van der Waals surface area (Å²) in [4.78, 5) is 12.4. The van der Waals surface area contributed by atoms with Crippen molar-refractivity contribution in [3.05, 3.63) is 46.3 Å². The maximum absolute atomic E-state index is 12.4. The summed E-state index contributed by atoms with van der Waals surface area (Å²) in [5.74, 6) is 2.01. The van der Waals surface area contributed by atoms with E-state index in [2.05, 4.69) is 22.6 Å². The van der Waals surface area contributed by atoms with Crippen molar-refractivity contribution in [3.8, 4) is 5.75 Å². The Labute approximate surface area is 142 Å². The van der Waals surface area contributed by atoms with Gasteiger partial charge in [-0.3, -0.25) is 4.79 Å². The molecule has 0 saturated heterocycles. The number of methoxy groups -OCH3 is 1. The molecule has 0 aliphatic heterocycles. The average Bonchev–Trinajstić information content (AvgIpc) is 2.91. The van der Waals surface area contributed by atoms with Crippen LogP contribution in [-0.2, 0) is 17.8 Å². The van der Waals surface area contributed by atoms with Gasteiger partial charge in [-0.25, -0.2) is 0 Å². The van der Waals surface area contributed by atoms with Crippen molar-refractivity contribution in [2.24, 2.45) is 0 Å². The molecule has 1 atom stereocenters. The molecule has 5 nitrogen and oxygen atoms in total. The van der Waals surface area contributed by atoms with Crippen LogP contribution in [0.3, 0.4) is 0 Å². The minimum atomic E-state index is 0.0728. The second-order valence-corrected chi connectivity index (χ2v) is 6.44. The van der Waals surface area contributed by atoms with Crippen molar-refractivity contribution < 1.29 is 14.1 Å². The lowest BCUT2D eigenvalue weighted by molar-refractivity contribution is -0.121.